The molecule has 12 heavy (non-hydrogen) atoms. The van der Waals surface area contributed by atoms with E-state index in [0.29, 0.717) is 0 Å². The third-order valence-corrected chi connectivity index (χ3v) is 2.17. The number of nitrogens with zero attached hydrogens (tertiary/aromatic N) is 1. The molecule has 0 aliphatic carbocycles. The fourth-order valence-electron chi connectivity index (χ4n) is 1.47. The van der Waals surface area contributed by atoms with Crippen LogP contribution in [0.25, 0.3) is 0 Å². The molecule has 0 saturated heterocycles. The molecule has 1 rings (SSSR count). The molecule has 68 valence electrons. The Kier molecular flexibility index (Phi) is 2.52. The smallest absolute Gasteiger partial charge is 0.339 e. The fraction of sp³-hybridized carbons (Fsp3) is 0.667. The third kappa shape index (κ3) is 2.08. The number of methoxy groups -OCH3 is 1. The molecule has 0 fully saturated rings. The molecule has 0 saturated carbocycles. The Morgan fingerprint density at radius 2 is 2.25 bits per heavy atom. The highest BCUT2D eigenvalue weighted by Gasteiger charge is 2.25. The highest BCUT2D eigenvalue weighted by molar-refractivity contribution is 5.88. The summed E-state index contributed by atoms with van der Waals surface area (Å²) in [5, 5.41) is 0. The Morgan fingerprint density at radius 1 is 1.58 bits per heavy atom. The molecular formula is C9H16NO2+. The first-order valence-electron chi connectivity index (χ1n) is 4.14. The van der Waals surface area contributed by atoms with Crippen LogP contribution < -0.4 is 0 Å². The number of quaternary nitrogens is 1. The highest BCUT2D eigenvalue weighted by Crippen LogP contribution is 2.14. The molecule has 3 heteroatoms. The summed E-state index contributed by atoms with van der Waals surface area (Å²) in [4.78, 5) is 11.2. The molecule has 1 aliphatic rings. The molecule has 1 aliphatic heterocycles. The standard InChI is InChI=1S/C9H16NO2/c1-10(2)6-4-5-8(7-10)9(11)12-3/h5H,4,6-7H2,1-3H3/q+1. The van der Waals surface area contributed by atoms with Crippen LogP contribution in [0.2, 0.25) is 0 Å². The van der Waals surface area contributed by atoms with Crippen molar-refractivity contribution in [1.82, 2.24) is 0 Å². The summed E-state index contributed by atoms with van der Waals surface area (Å²) < 4.78 is 5.54. The van der Waals surface area contributed by atoms with Gasteiger partial charge in [0.2, 0.25) is 0 Å². The lowest BCUT2D eigenvalue weighted by atomic mass is 10.1. The van der Waals surface area contributed by atoms with Gasteiger partial charge in [-0.1, -0.05) is 6.08 Å². The summed E-state index contributed by atoms with van der Waals surface area (Å²) in [7, 11) is 5.67. The van der Waals surface area contributed by atoms with Gasteiger partial charge in [0.15, 0.2) is 0 Å². The van der Waals surface area contributed by atoms with Crippen molar-refractivity contribution < 1.29 is 14.0 Å². The zero-order valence-corrected chi connectivity index (χ0v) is 7.96. The third-order valence-electron chi connectivity index (χ3n) is 2.17. The first-order valence-corrected chi connectivity index (χ1v) is 4.14. The Labute approximate surface area is 73.2 Å². The van der Waals surface area contributed by atoms with Crippen molar-refractivity contribution in [3.63, 3.8) is 0 Å². The molecule has 0 radical (unpaired) electrons. The molecule has 0 bridgehead atoms. The fourth-order valence-corrected chi connectivity index (χ4v) is 1.47. The Hall–Kier alpha value is -0.830. The van der Waals surface area contributed by atoms with Gasteiger partial charge >= 0.3 is 5.97 Å². The minimum atomic E-state index is -0.180. The van der Waals surface area contributed by atoms with Gasteiger partial charge in [0, 0.05) is 6.42 Å². The maximum Gasteiger partial charge on any atom is 0.339 e. The summed E-state index contributed by atoms with van der Waals surface area (Å²) in [6, 6.07) is 0. The van der Waals surface area contributed by atoms with Gasteiger partial charge in [-0.3, -0.25) is 0 Å². The van der Waals surface area contributed by atoms with Gasteiger partial charge in [0.05, 0.1) is 33.3 Å². The van der Waals surface area contributed by atoms with E-state index >= 15 is 0 Å². The van der Waals surface area contributed by atoms with E-state index in [9.17, 15) is 4.79 Å². The summed E-state index contributed by atoms with van der Waals surface area (Å²) in [5.41, 5.74) is 0.814. The maximum absolute atomic E-state index is 11.2. The summed E-state index contributed by atoms with van der Waals surface area (Å²) >= 11 is 0. The molecule has 0 atom stereocenters. The maximum atomic E-state index is 11.2. The van der Waals surface area contributed by atoms with Crippen molar-refractivity contribution in [2.45, 2.75) is 6.42 Å². The molecule has 3 nitrogen and oxygen atoms in total. The number of carbonyl (C=O) groups is 1. The Bertz CT molecular complexity index is 219. The minimum Gasteiger partial charge on any atom is -0.465 e. The van der Waals surface area contributed by atoms with Crippen LogP contribution in [-0.2, 0) is 9.53 Å². The SMILES string of the molecule is COC(=O)C1=CCC[N+](C)(C)C1. The van der Waals surface area contributed by atoms with Crippen LogP contribution in [0, 0.1) is 0 Å². The van der Waals surface area contributed by atoms with E-state index in [2.05, 4.69) is 18.8 Å². The van der Waals surface area contributed by atoms with E-state index in [1.165, 1.54) is 7.11 Å². The normalized spacial score (nSPS) is 21.4. The Morgan fingerprint density at radius 3 is 2.75 bits per heavy atom. The van der Waals surface area contributed by atoms with Gasteiger partial charge in [0.1, 0.15) is 6.54 Å². The molecule has 0 N–H and O–H groups in total. The van der Waals surface area contributed by atoms with Crippen molar-refractivity contribution in [3.8, 4) is 0 Å². The monoisotopic (exact) mass is 170 g/mol. The topological polar surface area (TPSA) is 26.3 Å². The largest absolute Gasteiger partial charge is 0.465 e. The second-order valence-corrected chi connectivity index (χ2v) is 3.83. The van der Waals surface area contributed by atoms with Gasteiger partial charge < -0.3 is 9.22 Å². The number of ether oxygens (including phenoxy) is 1. The van der Waals surface area contributed by atoms with Crippen LogP contribution in [0.4, 0.5) is 0 Å². The van der Waals surface area contributed by atoms with Crippen LogP contribution in [0.15, 0.2) is 11.6 Å². The second-order valence-electron chi connectivity index (χ2n) is 3.83. The van der Waals surface area contributed by atoms with Gasteiger partial charge in [0.25, 0.3) is 0 Å². The van der Waals surface area contributed by atoms with Crippen molar-refractivity contribution in [3.05, 3.63) is 11.6 Å². The molecule has 0 aromatic heterocycles. The van der Waals surface area contributed by atoms with Crippen LogP contribution in [0.1, 0.15) is 6.42 Å². The number of hydrogen-bond donors (Lipinski definition) is 0. The van der Waals surface area contributed by atoms with Gasteiger partial charge in [-0.2, -0.15) is 0 Å². The first-order chi connectivity index (χ1) is 5.55. The summed E-state index contributed by atoms with van der Waals surface area (Å²) in [5.74, 6) is -0.180. The second kappa shape index (κ2) is 3.27. The van der Waals surface area contributed by atoms with Crippen LogP contribution in [-0.4, -0.2) is 44.7 Å². The molecule has 0 aromatic rings. The molecule has 1 heterocycles. The highest BCUT2D eigenvalue weighted by atomic mass is 16.5. The van der Waals surface area contributed by atoms with Crippen LogP contribution in [0.3, 0.4) is 0 Å². The molecule has 0 aromatic carbocycles. The molecule has 0 amide bonds. The Balaban J connectivity index is 2.68. The van der Waals surface area contributed by atoms with E-state index in [-0.39, 0.29) is 5.97 Å². The van der Waals surface area contributed by atoms with E-state index in [4.69, 9.17) is 0 Å². The average molecular weight is 170 g/mol. The first kappa shape index (κ1) is 9.26. The lowest BCUT2D eigenvalue weighted by Gasteiger charge is -2.32. The van der Waals surface area contributed by atoms with E-state index in [1.807, 2.05) is 6.08 Å². The van der Waals surface area contributed by atoms with Crippen LogP contribution in [0.5, 0.6) is 0 Å². The quantitative estimate of drug-likeness (QED) is 0.425. The number of rotatable bonds is 1. The van der Waals surface area contributed by atoms with Gasteiger partial charge in [-0.05, 0) is 0 Å². The molecular weight excluding hydrogens is 154 g/mol. The molecule has 0 spiro atoms. The summed E-state index contributed by atoms with van der Waals surface area (Å²) in [6.45, 7) is 1.88. The zero-order valence-electron chi connectivity index (χ0n) is 7.96. The van der Waals surface area contributed by atoms with Crippen molar-refractivity contribution in [2.24, 2.45) is 0 Å². The molecule has 0 unspecified atom stereocenters. The number of carbonyl (C=O) groups excluding carboxylic acids is 1. The average Bonchev–Trinajstić information content (AvgIpc) is 2.01. The minimum absolute atomic E-state index is 0.180. The lowest BCUT2D eigenvalue weighted by molar-refractivity contribution is -0.886. The van der Waals surface area contributed by atoms with E-state index in [1.54, 1.807) is 0 Å². The van der Waals surface area contributed by atoms with Crippen molar-refractivity contribution in [2.75, 3.05) is 34.3 Å². The number of likely N-dealkylation sites (N-methyl/N-ethyl adjacent to an activating group) is 1. The van der Waals surface area contributed by atoms with E-state index < -0.39 is 0 Å². The van der Waals surface area contributed by atoms with Gasteiger partial charge in [-0.25, -0.2) is 4.79 Å². The summed E-state index contributed by atoms with van der Waals surface area (Å²) in [6.07, 6.45) is 2.95. The number of esters is 1. The lowest BCUT2D eigenvalue weighted by Crippen LogP contribution is -2.45. The predicted octanol–water partition coefficient (Wildman–Crippen LogP) is 0.566. The van der Waals surface area contributed by atoms with Crippen molar-refractivity contribution >= 4 is 5.97 Å². The zero-order chi connectivity index (χ0) is 9.19. The van der Waals surface area contributed by atoms with Gasteiger partial charge in [-0.15, -0.1) is 0 Å². The van der Waals surface area contributed by atoms with Crippen LogP contribution >= 0.6 is 0 Å². The number of hydrogen-bond acceptors (Lipinski definition) is 2. The van der Waals surface area contributed by atoms with E-state index in [0.717, 1.165) is 29.6 Å². The predicted molar refractivity (Wildman–Crippen MR) is 46.6 cm³/mol. The van der Waals surface area contributed by atoms with Crippen molar-refractivity contribution in [1.29, 1.82) is 0 Å².